The first-order valence-corrected chi connectivity index (χ1v) is 5.35. The Labute approximate surface area is 98.4 Å². The molecule has 0 aliphatic heterocycles. The van der Waals surface area contributed by atoms with Gasteiger partial charge in [-0.1, -0.05) is 11.6 Å². The average molecular weight is 239 g/mol. The van der Waals surface area contributed by atoms with Gasteiger partial charge in [-0.2, -0.15) is 0 Å². The van der Waals surface area contributed by atoms with Crippen LogP contribution in [0.5, 0.6) is 0 Å². The second-order valence-electron chi connectivity index (χ2n) is 3.82. The molecule has 1 unspecified atom stereocenters. The lowest BCUT2D eigenvalue weighted by molar-refractivity contribution is -0.124. The molecule has 0 bridgehead atoms. The summed E-state index contributed by atoms with van der Waals surface area (Å²) in [4.78, 5) is 23.5. The van der Waals surface area contributed by atoms with E-state index in [-0.39, 0.29) is 18.2 Å². The van der Waals surface area contributed by atoms with Crippen LogP contribution in [-0.2, 0) is 16.0 Å². The first-order chi connectivity index (χ1) is 7.63. The lowest BCUT2D eigenvalue weighted by atomic mass is 10.0. The number of Topliss-reactive ketones (excluding diaryl/α,β-unsaturated/α-hetero) is 2. The Balaban J connectivity index is 2.27. The third-order valence-corrected chi connectivity index (χ3v) is 2.98. The summed E-state index contributed by atoms with van der Waals surface area (Å²) in [7, 11) is 1.45. The Bertz CT molecular complexity index is 454. The molecule has 0 fully saturated rings. The van der Waals surface area contributed by atoms with E-state index in [1.165, 1.54) is 7.11 Å². The van der Waals surface area contributed by atoms with Crippen molar-refractivity contribution in [3.05, 3.63) is 34.3 Å². The molecule has 2 rings (SSSR count). The number of benzene rings is 1. The van der Waals surface area contributed by atoms with Crippen molar-refractivity contribution in [2.45, 2.75) is 6.42 Å². The van der Waals surface area contributed by atoms with Crippen LogP contribution in [0.3, 0.4) is 0 Å². The van der Waals surface area contributed by atoms with Gasteiger partial charge in [-0.3, -0.25) is 9.59 Å². The second-order valence-corrected chi connectivity index (χ2v) is 4.26. The molecule has 0 saturated carbocycles. The third-order valence-electron chi connectivity index (χ3n) is 2.75. The van der Waals surface area contributed by atoms with Gasteiger partial charge in [0.1, 0.15) is 6.61 Å². The van der Waals surface area contributed by atoms with Crippen molar-refractivity contribution in [3.8, 4) is 0 Å². The van der Waals surface area contributed by atoms with E-state index in [4.69, 9.17) is 16.3 Å². The summed E-state index contributed by atoms with van der Waals surface area (Å²) >= 11 is 5.84. The topological polar surface area (TPSA) is 43.4 Å². The lowest BCUT2D eigenvalue weighted by Crippen LogP contribution is -2.24. The van der Waals surface area contributed by atoms with Crippen LogP contribution in [0.4, 0.5) is 0 Å². The average Bonchev–Trinajstić information content (AvgIpc) is 2.56. The molecule has 3 nitrogen and oxygen atoms in total. The maximum atomic E-state index is 11.9. The minimum Gasteiger partial charge on any atom is -0.377 e. The molecule has 0 amide bonds. The Morgan fingerprint density at radius 2 is 2.31 bits per heavy atom. The van der Waals surface area contributed by atoms with Gasteiger partial charge in [0.25, 0.3) is 0 Å². The Kier molecular flexibility index (Phi) is 3.08. The standard InChI is InChI=1S/C12H11ClO3/c1-16-6-11(14)10-5-7-4-8(13)2-3-9(7)12(10)15/h2-4,10H,5-6H2,1H3. The number of ketones is 2. The largest absolute Gasteiger partial charge is 0.377 e. The number of hydrogen-bond acceptors (Lipinski definition) is 3. The minimum absolute atomic E-state index is 0.0157. The Morgan fingerprint density at radius 3 is 3.00 bits per heavy atom. The van der Waals surface area contributed by atoms with Crippen molar-refractivity contribution >= 4 is 23.2 Å². The first kappa shape index (κ1) is 11.3. The number of methoxy groups -OCH3 is 1. The molecule has 1 aromatic rings. The summed E-state index contributed by atoms with van der Waals surface area (Å²) < 4.78 is 4.76. The lowest BCUT2D eigenvalue weighted by Gasteiger charge is -2.04. The predicted molar refractivity (Wildman–Crippen MR) is 59.9 cm³/mol. The van der Waals surface area contributed by atoms with Gasteiger partial charge in [0.15, 0.2) is 11.6 Å². The molecular weight excluding hydrogens is 228 g/mol. The maximum Gasteiger partial charge on any atom is 0.174 e. The van der Waals surface area contributed by atoms with Crippen LogP contribution in [0.25, 0.3) is 0 Å². The molecule has 1 aliphatic carbocycles. The number of fused-ring (bicyclic) bond motifs is 1. The first-order valence-electron chi connectivity index (χ1n) is 4.97. The van der Waals surface area contributed by atoms with Gasteiger partial charge >= 0.3 is 0 Å². The van der Waals surface area contributed by atoms with E-state index in [1.54, 1.807) is 18.2 Å². The van der Waals surface area contributed by atoms with E-state index in [1.807, 2.05) is 0 Å². The maximum absolute atomic E-state index is 11.9. The quantitative estimate of drug-likeness (QED) is 0.756. The molecule has 16 heavy (non-hydrogen) atoms. The number of carbonyl (C=O) groups excluding carboxylic acids is 2. The van der Waals surface area contributed by atoms with Gasteiger partial charge < -0.3 is 4.74 Å². The molecule has 84 valence electrons. The van der Waals surface area contributed by atoms with Crippen LogP contribution in [0.1, 0.15) is 15.9 Å². The summed E-state index contributed by atoms with van der Waals surface area (Å²) in [6.07, 6.45) is 0.441. The van der Waals surface area contributed by atoms with Crippen molar-refractivity contribution < 1.29 is 14.3 Å². The van der Waals surface area contributed by atoms with Crippen molar-refractivity contribution in [2.75, 3.05) is 13.7 Å². The van der Waals surface area contributed by atoms with Crippen LogP contribution < -0.4 is 0 Å². The number of carbonyl (C=O) groups is 2. The highest BCUT2D eigenvalue weighted by atomic mass is 35.5. The fourth-order valence-corrected chi connectivity index (χ4v) is 2.17. The molecule has 1 aliphatic rings. The molecule has 0 N–H and O–H groups in total. The monoisotopic (exact) mass is 238 g/mol. The highest BCUT2D eigenvalue weighted by Crippen LogP contribution is 2.29. The smallest absolute Gasteiger partial charge is 0.174 e. The van der Waals surface area contributed by atoms with E-state index < -0.39 is 5.92 Å². The van der Waals surface area contributed by atoms with Gasteiger partial charge in [-0.05, 0) is 30.2 Å². The SMILES string of the molecule is COCC(=O)C1Cc2cc(Cl)ccc2C1=O. The minimum atomic E-state index is -0.589. The van der Waals surface area contributed by atoms with Crippen LogP contribution in [0.2, 0.25) is 5.02 Å². The van der Waals surface area contributed by atoms with Crippen LogP contribution in [0, 0.1) is 5.92 Å². The molecule has 1 atom stereocenters. The van der Waals surface area contributed by atoms with E-state index in [0.29, 0.717) is 17.0 Å². The van der Waals surface area contributed by atoms with E-state index in [9.17, 15) is 9.59 Å². The molecule has 0 saturated heterocycles. The van der Waals surface area contributed by atoms with Gasteiger partial charge in [0, 0.05) is 17.7 Å². The van der Waals surface area contributed by atoms with Crippen molar-refractivity contribution in [2.24, 2.45) is 5.92 Å². The molecule has 0 heterocycles. The predicted octanol–water partition coefficient (Wildman–Crippen LogP) is 1.91. The van der Waals surface area contributed by atoms with Gasteiger partial charge in [-0.25, -0.2) is 0 Å². The number of rotatable bonds is 3. The molecule has 4 heteroatoms. The summed E-state index contributed by atoms with van der Waals surface area (Å²) in [5, 5.41) is 0.589. The van der Waals surface area contributed by atoms with Crippen LogP contribution in [0.15, 0.2) is 18.2 Å². The van der Waals surface area contributed by atoms with Crippen molar-refractivity contribution in [1.29, 1.82) is 0 Å². The number of hydrogen-bond donors (Lipinski definition) is 0. The highest BCUT2D eigenvalue weighted by molar-refractivity contribution is 6.31. The Morgan fingerprint density at radius 1 is 1.56 bits per heavy atom. The zero-order valence-electron chi connectivity index (χ0n) is 8.83. The number of ether oxygens (including phenoxy) is 1. The fourth-order valence-electron chi connectivity index (χ4n) is 1.97. The summed E-state index contributed by atoms with van der Waals surface area (Å²) in [6.45, 7) is -0.0157. The summed E-state index contributed by atoms with van der Waals surface area (Å²) in [5.41, 5.74) is 1.46. The second kappa shape index (κ2) is 4.36. The van der Waals surface area contributed by atoms with Crippen molar-refractivity contribution in [1.82, 2.24) is 0 Å². The zero-order chi connectivity index (χ0) is 11.7. The zero-order valence-corrected chi connectivity index (χ0v) is 9.58. The molecular formula is C12H11ClO3. The molecule has 1 aromatic carbocycles. The fraction of sp³-hybridized carbons (Fsp3) is 0.333. The normalized spacial score (nSPS) is 18.6. The van der Waals surface area contributed by atoms with Gasteiger partial charge in [0.05, 0.1) is 5.92 Å². The summed E-state index contributed by atoms with van der Waals surface area (Å²) in [6, 6.07) is 5.09. The van der Waals surface area contributed by atoms with Gasteiger partial charge in [-0.15, -0.1) is 0 Å². The van der Waals surface area contributed by atoms with E-state index in [2.05, 4.69) is 0 Å². The van der Waals surface area contributed by atoms with E-state index in [0.717, 1.165) is 5.56 Å². The molecule has 0 radical (unpaired) electrons. The van der Waals surface area contributed by atoms with Crippen LogP contribution >= 0.6 is 11.6 Å². The van der Waals surface area contributed by atoms with Crippen LogP contribution in [-0.4, -0.2) is 25.3 Å². The third kappa shape index (κ3) is 1.88. The summed E-state index contributed by atoms with van der Waals surface area (Å²) in [5.74, 6) is -0.873. The number of halogens is 1. The molecule has 0 spiro atoms. The molecule has 0 aromatic heterocycles. The Hall–Kier alpha value is -1.19. The van der Waals surface area contributed by atoms with E-state index >= 15 is 0 Å². The highest BCUT2D eigenvalue weighted by Gasteiger charge is 2.35. The van der Waals surface area contributed by atoms with Crippen molar-refractivity contribution in [3.63, 3.8) is 0 Å². The van der Waals surface area contributed by atoms with Gasteiger partial charge in [0.2, 0.25) is 0 Å².